The highest BCUT2D eigenvalue weighted by molar-refractivity contribution is 7.99. The predicted molar refractivity (Wildman–Crippen MR) is 73.1 cm³/mol. The van der Waals surface area contributed by atoms with Crippen LogP contribution in [0.3, 0.4) is 0 Å². The average molecular weight is 295 g/mol. The number of nitrogens with zero attached hydrogens (tertiary/aromatic N) is 3. The Morgan fingerprint density at radius 2 is 2.20 bits per heavy atom. The van der Waals surface area contributed by atoms with Gasteiger partial charge in [-0.25, -0.2) is 4.39 Å². The number of thioether (sulfide) groups is 1. The number of aliphatic hydroxyl groups is 1. The monoisotopic (exact) mass is 295 g/mol. The first kappa shape index (κ1) is 14.7. The minimum Gasteiger partial charge on any atom is -0.388 e. The van der Waals surface area contributed by atoms with E-state index in [9.17, 15) is 9.18 Å². The zero-order chi connectivity index (χ0) is 14.7. The summed E-state index contributed by atoms with van der Waals surface area (Å²) in [5.41, 5.74) is 0.919. The van der Waals surface area contributed by atoms with Crippen LogP contribution in [-0.4, -0.2) is 31.4 Å². The summed E-state index contributed by atoms with van der Waals surface area (Å²) in [7, 11) is 1.72. The van der Waals surface area contributed by atoms with Crippen molar-refractivity contribution in [3.8, 4) is 0 Å². The van der Waals surface area contributed by atoms with E-state index >= 15 is 0 Å². The van der Waals surface area contributed by atoms with Crippen LogP contribution in [0, 0.1) is 12.7 Å². The Morgan fingerprint density at radius 1 is 1.45 bits per heavy atom. The molecule has 20 heavy (non-hydrogen) atoms. The molecule has 0 aliphatic carbocycles. The van der Waals surface area contributed by atoms with Gasteiger partial charge in [-0.05, 0) is 30.7 Å². The first-order chi connectivity index (χ1) is 9.52. The summed E-state index contributed by atoms with van der Waals surface area (Å²) >= 11 is 1.23. The number of carbonyl (C=O) groups excluding carboxylic acids is 1. The lowest BCUT2D eigenvalue weighted by Crippen LogP contribution is -2.05. The van der Waals surface area contributed by atoms with Crippen LogP contribution in [0.15, 0.2) is 23.4 Å². The molecular formula is C13H14FN3O2S. The second-order valence-electron chi connectivity index (χ2n) is 4.29. The van der Waals surface area contributed by atoms with Gasteiger partial charge >= 0.3 is 0 Å². The average Bonchev–Trinajstić information content (AvgIpc) is 2.79. The second-order valence-corrected chi connectivity index (χ2v) is 5.23. The Hall–Kier alpha value is -1.73. The maximum Gasteiger partial charge on any atom is 0.191 e. The summed E-state index contributed by atoms with van der Waals surface area (Å²) < 4.78 is 14.8. The van der Waals surface area contributed by atoms with Crippen molar-refractivity contribution < 1.29 is 14.3 Å². The van der Waals surface area contributed by atoms with Crippen LogP contribution in [-0.2, 0) is 13.7 Å². The van der Waals surface area contributed by atoms with Gasteiger partial charge in [0, 0.05) is 12.6 Å². The van der Waals surface area contributed by atoms with E-state index in [0.717, 1.165) is 0 Å². The molecule has 0 atom stereocenters. The van der Waals surface area contributed by atoms with Gasteiger partial charge in [0.1, 0.15) is 12.4 Å². The minimum absolute atomic E-state index is 0.105. The third kappa shape index (κ3) is 3.05. The molecule has 0 bridgehead atoms. The van der Waals surface area contributed by atoms with E-state index in [1.165, 1.54) is 30.0 Å². The van der Waals surface area contributed by atoms with E-state index in [2.05, 4.69) is 10.2 Å². The fraction of sp³-hybridized carbons (Fsp3) is 0.308. The van der Waals surface area contributed by atoms with Crippen LogP contribution in [0.25, 0.3) is 0 Å². The number of carbonyl (C=O) groups is 1. The molecule has 1 N–H and O–H groups in total. The molecule has 5 nitrogen and oxygen atoms in total. The Bertz CT molecular complexity index is 643. The topological polar surface area (TPSA) is 68.0 Å². The second kappa shape index (κ2) is 6.15. The number of hydrogen-bond donors (Lipinski definition) is 1. The summed E-state index contributed by atoms with van der Waals surface area (Å²) in [4.78, 5) is 12.0. The van der Waals surface area contributed by atoms with E-state index in [4.69, 9.17) is 5.11 Å². The number of hydrogen-bond acceptors (Lipinski definition) is 5. The van der Waals surface area contributed by atoms with E-state index < -0.39 is 0 Å². The van der Waals surface area contributed by atoms with Crippen LogP contribution >= 0.6 is 11.8 Å². The fourth-order valence-electron chi connectivity index (χ4n) is 1.64. The summed E-state index contributed by atoms with van der Waals surface area (Å²) in [6.45, 7) is 1.42. The fourth-order valence-corrected chi connectivity index (χ4v) is 2.46. The minimum atomic E-state index is -0.324. The Morgan fingerprint density at radius 3 is 2.80 bits per heavy atom. The summed E-state index contributed by atoms with van der Waals surface area (Å²) in [6, 6.07) is 4.30. The highest BCUT2D eigenvalue weighted by Gasteiger charge is 2.12. The number of ketones is 1. The molecule has 1 heterocycles. The van der Waals surface area contributed by atoms with Crippen LogP contribution < -0.4 is 0 Å². The molecule has 2 aromatic rings. The molecule has 0 spiro atoms. The number of benzene rings is 1. The molecule has 0 amide bonds. The molecule has 0 radical (unpaired) electrons. The summed E-state index contributed by atoms with van der Waals surface area (Å²) in [6.07, 6.45) is 0. The number of aryl methyl sites for hydroxylation is 1. The maximum absolute atomic E-state index is 13.1. The first-order valence-corrected chi connectivity index (χ1v) is 6.92. The van der Waals surface area contributed by atoms with Gasteiger partial charge in [0.25, 0.3) is 0 Å². The van der Waals surface area contributed by atoms with E-state index in [1.54, 1.807) is 18.5 Å². The van der Waals surface area contributed by atoms with Gasteiger partial charge in [0.05, 0.1) is 5.75 Å². The highest BCUT2D eigenvalue weighted by Crippen LogP contribution is 2.18. The number of aliphatic hydroxyl groups excluding tert-OH is 1. The molecule has 0 saturated carbocycles. The number of aromatic nitrogens is 3. The van der Waals surface area contributed by atoms with E-state index in [0.29, 0.717) is 22.1 Å². The SMILES string of the molecule is Cc1cc(C(=O)CSc2nnc(CO)n2C)ccc1F. The largest absolute Gasteiger partial charge is 0.388 e. The molecule has 0 saturated heterocycles. The van der Waals surface area contributed by atoms with Crippen molar-refractivity contribution in [1.82, 2.24) is 14.8 Å². The molecule has 0 aliphatic heterocycles. The lowest BCUT2D eigenvalue weighted by molar-refractivity contribution is 0.102. The predicted octanol–water partition coefficient (Wildman–Crippen LogP) is 1.73. The van der Waals surface area contributed by atoms with Gasteiger partial charge in [-0.1, -0.05) is 11.8 Å². The summed E-state index contributed by atoms with van der Waals surface area (Å²) in [5, 5.41) is 17.2. The van der Waals surface area contributed by atoms with Gasteiger partial charge in [0.2, 0.25) is 0 Å². The zero-order valence-electron chi connectivity index (χ0n) is 11.1. The molecule has 1 aromatic carbocycles. The Kier molecular flexibility index (Phi) is 4.51. The van der Waals surface area contributed by atoms with Crippen molar-refractivity contribution in [2.24, 2.45) is 7.05 Å². The van der Waals surface area contributed by atoms with E-state index in [-0.39, 0.29) is 24.0 Å². The van der Waals surface area contributed by atoms with Gasteiger partial charge < -0.3 is 9.67 Å². The molecule has 106 valence electrons. The third-order valence-electron chi connectivity index (χ3n) is 2.88. The van der Waals surface area contributed by atoms with Crippen LogP contribution in [0.4, 0.5) is 4.39 Å². The highest BCUT2D eigenvalue weighted by atomic mass is 32.2. The number of halogens is 1. The number of Topliss-reactive ketones (excluding diaryl/α,β-unsaturated/α-hetero) is 1. The normalized spacial score (nSPS) is 10.8. The van der Waals surface area contributed by atoms with Crippen molar-refractivity contribution >= 4 is 17.5 Å². The quantitative estimate of drug-likeness (QED) is 0.672. The van der Waals surface area contributed by atoms with Crippen molar-refractivity contribution in [1.29, 1.82) is 0 Å². The van der Waals surface area contributed by atoms with Crippen molar-refractivity contribution in [3.05, 3.63) is 41.0 Å². The lowest BCUT2D eigenvalue weighted by Gasteiger charge is -2.03. The third-order valence-corrected chi connectivity index (χ3v) is 3.90. The summed E-state index contributed by atoms with van der Waals surface area (Å²) in [5.74, 6) is 0.196. The van der Waals surface area contributed by atoms with Gasteiger partial charge in [-0.3, -0.25) is 4.79 Å². The molecule has 2 rings (SSSR count). The smallest absolute Gasteiger partial charge is 0.191 e. The van der Waals surface area contributed by atoms with Crippen molar-refractivity contribution in [2.45, 2.75) is 18.7 Å². The van der Waals surface area contributed by atoms with Crippen LogP contribution in [0.5, 0.6) is 0 Å². The lowest BCUT2D eigenvalue weighted by atomic mass is 10.1. The van der Waals surface area contributed by atoms with Crippen LogP contribution in [0.2, 0.25) is 0 Å². The van der Waals surface area contributed by atoms with Crippen LogP contribution in [0.1, 0.15) is 21.7 Å². The maximum atomic E-state index is 13.1. The molecule has 0 aliphatic rings. The molecule has 1 aromatic heterocycles. The van der Waals surface area contributed by atoms with Gasteiger partial charge in [-0.2, -0.15) is 0 Å². The van der Waals surface area contributed by atoms with Crippen molar-refractivity contribution in [3.63, 3.8) is 0 Å². The molecule has 7 heteroatoms. The molecular weight excluding hydrogens is 281 g/mol. The zero-order valence-corrected chi connectivity index (χ0v) is 11.9. The molecule has 0 unspecified atom stereocenters. The number of rotatable bonds is 5. The van der Waals surface area contributed by atoms with Gasteiger partial charge in [-0.15, -0.1) is 10.2 Å². The van der Waals surface area contributed by atoms with Crippen molar-refractivity contribution in [2.75, 3.05) is 5.75 Å². The first-order valence-electron chi connectivity index (χ1n) is 5.94. The standard InChI is InChI=1S/C13H14FN3O2S/c1-8-5-9(3-4-10(8)14)11(19)7-20-13-16-15-12(6-18)17(13)2/h3-5,18H,6-7H2,1-2H3. The Balaban J connectivity index is 2.04. The Labute approximate surface area is 119 Å². The van der Waals surface area contributed by atoms with Gasteiger partial charge in [0.15, 0.2) is 16.8 Å². The molecule has 0 fully saturated rings. The van der Waals surface area contributed by atoms with E-state index in [1.807, 2.05) is 0 Å².